The van der Waals surface area contributed by atoms with Crippen molar-refractivity contribution in [1.82, 2.24) is 0 Å². The van der Waals surface area contributed by atoms with Crippen molar-refractivity contribution >= 4 is 28.9 Å². The van der Waals surface area contributed by atoms with E-state index >= 15 is 0 Å². The van der Waals surface area contributed by atoms with E-state index in [2.05, 4.69) is 11.8 Å². The lowest BCUT2D eigenvalue weighted by molar-refractivity contribution is -0.122. The summed E-state index contributed by atoms with van der Waals surface area (Å²) in [6.07, 6.45) is 1.81. The van der Waals surface area contributed by atoms with Crippen LogP contribution >= 0.6 is 11.6 Å². The number of hydrogen-bond acceptors (Lipinski definition) is 3. The summed E-state index contributed by atoms with van der Waals surface area (Å²) in [5.74, 6) is -0.317. The summed E-state index contributed by atoms with van der Waals surface area (Å²) in [5.41, 5.74) is 13.9. The minimum atomic E-state index is -0.226. The summed E-state index contributed by atoms with van der Waals surface area (Å²) in [7, 11) is 0. The standard InChI is InChI=1S/C14H20ClN3O/c1-8-5-12(16)11(15)6-13(8)18-7-10(14(17)19)4-3-9(18)2/h5-6,9-10H,3-4,7,16H2,1-2H3,(H2,17,19). The van der Waals surface area contributed by atoms with Gasteiger partial charge in [-0.05, 0) is 44.4 Å². The summed E-state index contributed by atoms with van der Waals surface area (Å²) >= 11 is 6.11. The van der Waals surface area contributed by atoms with Crippen LogP contribution in [0.15, 0.2) is 12.1 Å². The van der Waals surface area contributed by atoms with Crippen LogP contribution in [0.4, 0.5) is 11.4 Å². The average molecular weight is 282 g/mol. The SMILES string of the molecule is Cc1cc(N)c(Cl)cc1N1CC(C(N)=O)CCC1C. The van der Waals surface area contributed by atoms with Crippen molar-refractivity contribution in [2.24, 2.45) is 11.7 Å². The molecule has 0 aliphatic carbocycles. The van der Waals surface area contributed by atoms with Gasteiger partial charge < -0.3 is 16.4 Å². The Labute approximate surface area is 118 Å². The first-order chi connectivity index (χ1) is 8.90. The van der Waals surface area contributed by atoms with Crippen molar-refractivity contribution in [2.75, 3.05) is 17.2 Å². The van der Waals surface area contributed by atoms with E-state index in [1.165, 1.54) is 0 Å². The Morgan fingerprint density at radius 1 is 1.42 bits per heavy atom. The van der Waals surface area contributed by atoms with Gasteiger partial charge in [-0.2, -0.15) is 0 Å². The molecule has 2 rings (SSSR count). The second-order valence-corrected chi connectivity index (χ2v) is 5.75. The van der Waals surface area contributed by atoms with Crippen LogP contribution in [0.5, 0.6) is 0 Å². The smallest absolute Gasteiger partial charge is 0.222 e. The number of nitrogen functional groups attached to an aromatic ring is 1. The lowest BCUT2D eigenvalue weighted by atomic mass is 9.92. The molecular formula is C14H20ClN3O. The number of hydrogen-bond donors (Lipinski definition) is 2. The normalized spacial score (nSPS) is 23.4. The molecule has 1 fully saturated rings. The molecule has 1 amide bonds. The maximum atomic E-state index is 11.4. The molecule has 5 heteroatoms. The molecule has 0 bridgehead atoms. The maximum Gasteiger partial charge on any atom is 0.222 e. The summed E-state index contributed by atoms with van der Waals surface area (Å²) in [6.45, 7) is 4.81. The summed E-state index contributed by atoms with van der Waals surface area (Å²) in [6, 6.07) is 4.12. The van der Waals surface area contributed by atoms with Gasteiger partial charge in [0.25, 0.3) is 0 Å². The molecule has 1 aromatic carbocycles. The van der Waals surface area contributed by atoms with Crippen molar-refractivity contribution in [1.29, 1.82) is 0 Å². The number of anilines is 2. The van der Waals surface area contributed by atoms with Crippen molar-refractivity contribution in [3.05, 3.63) is 22.7 Å². The van der Waals surface area contributed by atoms with E-state index in [1.807, 2.05) is 19.1 Å². The van der Waals surface area contributed by atoms with Crippen LogP contribution in [0.1, 0.15) is 25.3 Å². The van der Waals surface area contributed by atoms with Gasteiger partial charge >= 0.3 is 0 Å². The minimum absolute atomic E-state index is 0.0908. The molecule has 0 spiro atoms. The molecular weight excluding hydrogens is 262 g/mol. The zero-order valence-electron chi connectivity index (χ0n) is 11.3. The predicted molar refractivity (Wildman–Crippen MR) is 79.3 cm³/mol. The van der Waals surface area contributed by atoms with Crippen molar-refractivity contribution in [3.8, 4) is 0 Å². The maximum absolute atomic E-state index is 11.4. The molecule has 1 aliphatic rings. The topological polar surface area (TPSA) is 72.3 Å². The highest BCUT2D eigenvalue weighted by Gasteiger charge is 2.29. The van der Waals surface area contributed by atoms with Gasteiger partial charge in [0.05, 0.1) is 16.6 Å². The first kappa shape index (κ1) is 14.0. The number of rotatable bonds is 2. The molecule has 4 nitrogen and oxygen atoms in total. The highest BCUT2D eigenvalue weighted by molar-refractivity contribution is 6.33. The highest BCUT2D eigenvalue weighted by Crippen LogP contribution is 2.34. The summed E-state index contributed by atoms with van der Waals surface area (Å²) in [4.78, 5) is 13.6. The van der Waals surface area contributed by atoms with Gasteiger partial charge in [0.1, 0.15) is 0 Å². The van der Waals surface area contributed by atoms with E-state index in [0.29, 0.717) is 23.3 Å². The lowest BCUT2D eigenvalue weighted by Gasteiger charge is -2.39. The van der Waals surface area contributed by atoms with Gasteiger partial charge in [-0.1, -0.05) is 11.6 Å². The third-order valence-electron chi connectivity index (χ3n) is 3.91. The number of piperidine rings is 1. The Hall–Kier alpha value is -1.42. The van der Waals surface area contributed by atoms with E-state index in [4.69, 9.17) is 23.1 Å². The number of benzene rings is 1. The number of nitrogens with zero attached hydrogens (tertiary/aromatic N) is 1. The summed E-state index contributed by atoms with van der Waals surface area (Å²) < 4.78 is 0. The van der Waals surface area contributed by atoms with E-state index in [9.17, 15) is 4.79 Å². The molecule has 4 N–H and O–H groups in total. The fraction of sp³-hybridized carbons (Fsp3) is 0.500. The molecule has 19 heavy (non-hydrogen) atoms. The average Bonchev–Trinajstić information content (AvgIpc) is 2.34. The molecule has 2 unspecified atom stereocenters. The lowest BCUT2D eigenvalue weighted by Crippen LogP contribution is -2.46. The molecule has 2 atom stereocenters. The van der Waals surface area contributed by atoms with Crippen LogP contribution in [-0.2, 0) is 4.79 Å². The van der Waals surface area contributed by atoms with Gasteiger partial charge in [-0.25, -0.2) is 0 Å². The second-order valence-electron chi connectivity index (χ2n) is 5.34. The van der Waals surface area contributed by atoms with Crippen LogP contribution in [0.2, 0.25) is 5.02 Å². The minimum Gasteiger partial charge on any atom is -0.398 e. The molecule has 1 aromatic rings. The van der Waals surface area contributed by atoms with E-state index in [1.54, 1.807) is 0 Å². The number of nitrogens with two attached hydrogens (primary N) is 2. The Bertz CT molecular complexity index is 504. The van der Waals surface area contributed by atoms with Crippen LogP contribution in [-0.4, -0.2) is 18.5 Å². The fourth-order valence-corrected chi connectivity index (χ4v) is 2.84. The number of amides is 1. The molecule has 104 valence electrons. The molecule has 0 radical (unpaired) electrons. The Balaban J connectivity index is 2.33. The van der Waals surface area contributed by atoms with Crippen LogP contribution in [0.3, 0.4) is 0 Å². The van der Waals surface area contributed by atoms with Crippen LogP contribution < -0.4 is 16.4 Å². The number of halogens is 1. The van der Waals surface area contributed by atoms with Crippen molar-refractivity contribution in [3.63, 3.8) is 0 Å². The van der Waals surface area contributed by atoms with Gasteiger partial charge in [-0.15, -0.1) is 0 Å². The zero-order valence-corrected chi connectivity index (χ0v) is 12.1. The molecule has 0 saturated carbocycles. The zero-order chi connectivity index (χ0) is 14.2. The van der Waals surface area contributed by atoms with Crippen molar-refractivity contribution < 1.29 is 4.79 Å². The third-order valence-corrected chi connectivity index (χ3v) is 4.24. The molecule has 1 saturated heterocycles. The number of primary amides is 1. The van der Waals surface area contributed by atoms with E-state index < -0.39 is 0 Å². The molecule has 1 aliphatic heterocycles. The van der Waals surface area contributed by atoms with Gasteiger partial charge in [0.15, 0.2) is 0 Å². The predicted octanol–water partition coefficient (Wildman–Crippen LogP) is 2.32. The van der Waals surface area contributed by atoms with Gasteiger partial charge in [-0.3, -0.25) is 4.79 Å². The first-order valence-electron chi connectivity index (χ1n) is 6.51. The Morgan fingerprint density at radius 2 is 2.11 bits per heavy atom. The second kappa shape index (κ2) is 5.29. The Kier molecular flexibility index (Phi) is 3.90. The number of carbonyl (C=O) groups is 1. The largest absolute Gasteiger partial charge is 0.398 e. The van der Waals surface area contributed by atoms with Crippen LogP contribution in [0, 0.1) is 12.8 Å². The van der Waals surface area contributed by atoms with Gasteiger partial charge in [0, 0.05) is 18.3 Å². The fourth-order valence-electron chi connectivity index (χ4n) is 2.68. The van der Waals surface area contributed by atoms with Gasteiger partial charge in [0.2, 0.25) is 5.91 Å². The molecule has 0 aromatic heterocycles. The highest BCUT2D eigenvalue weighted by atomic mass is 35.5. The first-order valence-corrected chi connectivity index (χ1v) is 6.89. The summed E-state index contributed by atoms with van der Waals surface area (Å²) in [5, 5.41) is 0.550. The number of carbonyl (C=O) groups excluding carboxylic acids is 1. The van der Waals surface area contributed by atoms with Crippen molar-refractivity contribution in [2.45, 2.75) is 32.7 Å². The third kappa shape index (κ3) is 2.78. The molecule has 1 heterocycles. The quantitative estimate of drug-likeness (QED) is 0.817. The Morgan fingerprint density at radius 3 is 2.74 bits per heavy atom. The van der Waals surface area contributed by atoms with Crippen LogP contribution in [0.25, 0.3) is 0 Å². The van der Waals surface area contributed by atoms with E-state index in [0.717, 1.165) is 24.1 Å². The van der Waals surface area contributed by atoms with E-state index in [-0.39, 0.29) is 11.8 Å². The monoisotopic (exact) mass is 281 g/mol. The number of aryl methyl sites for hydroxylation is 1.